The first-order chi connectivity index (χ1) is 42.4. The number of ether oxygens (including phenoxy) is 14. The summed E-state index contributed by atoms with van der Waals surface area (Å²) in [5, 5.41) is 4.47. The maximum atomic E-state index is 6.68. The molecule has 0 spiro atoms. The Hall–Kier alpha value is -7.56. The first-order valence-corrected chi connectivity index (χ1v) is 30.4. The average Bonchev–Trinajstić information content (AvgIpc) is 2.74. The fourth-order valence-electron chi connectivity index (χ4n) is 11.8. The van der Waals surface area contributed by atoms with Gasteiger partial charge in [-0.15, -0.1) is 0 Å². The van der Waals surface area contributed by atoms with Gasteiger partial charge >= 0.3 is 0 Å². The lowest BCUT2D eigenvalue weighted by Crippen LogP contribution is -2.32. The molecule has 86 heavy (non-hydrogen) atoms. The van der Waals surface area contributed by atoms with Gasteiger partial charge in [0.2, 0.25) is 13.6 Å². The summed E-state index contributed by atoms with van der Waals surface area (Å²) >= 11 is 0. The van der Waals surface area contributed by atoms with Crippen LogP contribution < -0.4 is 37.9 Å². The Morgan fingerprint density at radius 2 is 0.756 bits per heavy atom. The Morgan fingerprint density at radius 3 is 1.21 bits per heavy atom. The van der Waals surface area contributed by atoms with Gasteiger partial charge in [-0.25, -0.2) is 0 Å². The van der Waals surface area contributed by atoms with Crippen molar-refractivity contribution in [2.75, 3.05) is 80.4 Å². The summed E-state index contributed by atoms with van der Waals surface area (Å²) in [7, 11) is 0. The maximum absolute atomic E-state index is 6.68. The minimum atomic E-state index is 0.102. The van der Waals surface area contributed by atoms with Crippen molar-refractivity contribution < 1.29 is 66.3 Å². The fraction of sp³-hybridized carbons (Fsp3) is 0.389. The van der Waals surface area contributed by atoms with Crippen molar-refractivity contribution in [2.24, 2.45) is 11.8 Å². The lowest BCUT2D eigenvalue weighted by atomic mass is 9.83. The molecule has 2 aliphatic carbocycles. The van der Waals surface area contributed by atoms with Gasteiger partial charge < -0.3 is 66.3 Å². The summed E-state index contributed by atoms with van der Waals surface area (Å²) in [6.45, 7) is 9.55. The van der Waals surface area contributed by atoms with E-state index in [1.807, 2.05) is 72.8 Å². The second kappa shape index (κ2) is 29.2. The van der Waals surface area contributed by atoms with Crippen LogP contribution in [-0.4, -0.2) is 92.6 Å². The minimum absolute atomic E-state index is 0.102. The summed E-state index contributed by atoms with van der Waals surface area (Å²) in [6.07, 6.45) is 8.19. The first kappa shape index (κ1) is 58.8. The predicted molar refractivity (Wildman–Crippen MR) is 329 cm³/mol. The highest BCUT2D eigenvalue weighted by atomic mass is 16.7. The van der Waals surface area contributed by atoms with Gasteiger partial charge in [-0.1, -0.05) is 77.9 Å². The highest BCUT2D eigenvalue weighted by Gasteiger charge is 2.26. The Morgan fingerprint density at radius 1 is 0.349 bits per heavy atom. The second-order valence-electron chi connectivity index (χ2n) is 23.1. The van der Waals surface area contributed by atoms with Crippen LogP contribution in [-0.2, 0) is 28.4 Å². The molecule has 2 saturated heterocycles. The molecule has 2 saturated carbocycles. The highest BCUT2D eigenvalue weighted by molar-refractivity contribution is 6.08. The minimum Gasteiger partial charge on any atom is -0.468 e. The second-order valence-corrected chi connectivity index (χ2v) is 23.1. The summed E-state index contributed by atoms with van der Waals surface area (Å²) in [5.41, 5.74) is 7.05. The molecule has 8 aromatic rings. The van der Waals surface area contributed by atoms with Crippen LogP contribution in [0.4, 0.5) is 0 Å². The van der Waals surface area contributed by atoms with E-state index in [1.165, 1.54) is 22.3 Å². The Kier molecular flexibility index (Phi) is 20.0. The number of hydrogen-bond acceptors (Lipinski definition) is 14. The standard InChI is InChI=1S/C72H78O14/c1-49-4-31-69-57(33-49)13-32-71(86-48-84-62-20-11-56(12-21-62)54-7-16-60(17-8-54)80-46-82-66-28-24-64(25-29-66)78-44-76-42-52-39-74-40-52)72(69)70-36-67(35-58-34-50(2)3-30-68(58)70)85-47-83-61-18-9-55(10-19-61)53-5-14-59(15-6-53)79-45-81-65-26-22-63(23-27-65)77-43-75-41-51-37-73-38-51/h3-8,13-17,22-36,51-52,55-56,61-62H,9-12,18-21,37-48H2,1-2H3. The van der Waals surface area contributed by atoms with Crippen molar-refractivity contribution in [1.29, 1.82) is 0 Å². The average molecular weight is 1170 g/mol. The third-order valence-electron chi connectivity index (χ3n) is 16.9. The number of aryl methyl sites for hydroxylation is 2. The van der Waals surface area contributed by atoms with Crippen LogP contribution in [0.25, 0.3) is 32.7 Å². The van der Waals surface area contributed by atoms with Crippen LogP contribution in [0.1, 0.15) is 85.5 Å². The van der Waals surface area contributed by atoms with Crippen molar-refractivity contribution in [2.45, 2.75) is 89.3 Å². The fourth-order valence-corrected chi connectivity index (χ4v) is 11.8. The molecule has 0 amide bonds. The largest absolute Gasteiger partial charge is 0.468 e. The molecule has 14 heteroatoms. The van der Waals surface area contributed by atoms with Crippen LogP contribution in [0, 0.1) is 25.7 Å². The summed E-state index contributed by atoms with van der Waals surface area (Å²) < 4.78 is 82.6. The first-order valence-electron chi connectivity index (χ1n) is 30.4. The zero-order valence-electron chi connectivity index (χ0n) is 49.3. The van der Waals surface area contributed by atoms with Gasteiger partial charge in [0.05, 0.1) is 51.8 Å². The number of rotatable bonds is 29. The molecule has 0 N–H and O–H groups in total. The molecule has 8 aromatic carbocycles. The number of fused-ring (bicyclic) bond motifs is 2. The molecule has 12 rings (SSSR count). The van der Waals surface area contributed by atoms with Gasteiger partial charge in [-0.05, 0) is 206 Å². The smallest absolute Gasteiger partial charge is 0.230 e. The lowest BCUT2D eigenvalue weighted by molar-refractivity contribution is -0.0926. The van der Waals surface area contributed by atoms with Gasteiger partial charge in [0.25, 0.3) is 0 Å². The van der Waals surface area contributed by atoms with E-state index in [1.54, 1.807) is 0 Å². The van der Waals surface area contributed by atoms with Crippen LogP contribution in [0.3, 0.4) is 0 Å². The highest BCUT2D eigenvalue weighted by Crippen LogP contribution is 2.44. The molecular formula is C72H78O14. The monoisotopic (exact) mass is 1170 g/mol. The zero-order valence-corrected chi connectivity index (χ0v) is 49.3. The van der Waals surface area contributed by atoms with Crippen LogP contribution >= 0.6 is 0 Å². The molecule has 4 aliphatic rings. The summed E-state index contributed by atoms with van der Waals surface area (Å²) in [5.74, 6) is 7.74. The van der Waals surface area contributed by atoms with Gasteiger partial charge in [-0.3, -0.25) is 0 Å². The summed E-state index contributed by atoms with van der Waals surface area (Å²) in [4.78, 5) is 0. The topological polar surface area (TPSA) is 129 Å². The number of benzene rings is 8. The SMILES string of the molecule is Cc1ccc2c(-c3c(OCOC4CCC(c5ccc(OCOc6ccc(OCOCC7COC7)cc6)cc5)CC4)ccc4cc(C)ccc34)cc(OCOC3CCC(c4ccc(OCOc5ccc(OCOCC6COC6)cc5)cc4)CC3)cc2c1. The molecule has 4 fully saturated rings. The molecule has 0 aromatic heterocycles. The van der Waals surface area contributed by atoms with Crippen LogP contribution in [0.15, 0.2) is 158 Å². The van der Waals surface area contributed by atoms with Crippen molar-refractivity contribution in [3.05, 3.63) is 180 Å². The molecule has 2 heterocycles. The quantitative estimate of drug-likeness (QED) is 0.0326. The van der Waals surface area contributed by atoms with Gasteiger partial charge in [0.15, 0.2) is 27.2 Å². The van der Waals surface area contributed by atoms with E-state index in [4.69, 9.17) is 66.3 Å². The van der Waals surface area contributed by atoms with Gasteiger partial charge in [-0.2, -0.15) is 0 Å². The maximum Gasteiger partial charge on any atom is 0.230 e. The van der Waals surface area contributed by atoms with E-state index in [2.05, 4.69) is 98.8 Å². The molecule has 0 radical (unpaired) electrons. The normalized spacial score (nSPS) is 18.9. The molecule has 2 aliphatic heterocycles. The van der Waals surface area contributed by atoms with E-state index in [0.29, 0.717) is 48.4 Å². The van der Waals surface area contributed by atoms with Gasteiger partial charge in [0, 0.05) is 17.4 Å². The molecule has 14 nitrogen and oxygen atoms in total. The van der Waals surface area contributed by atoms with E-state index in [0.717, 1.165) is 145 Å². The zero-order chi connectivity index (χ0) is 58.3. The third kappa shape index (κ3) is 15.9. The van der Waals surface area contributed by atoms with Crippen LogP contribution in [0.5, 0.6) is 46.0 Å². The third-order valence-corrected chi connectivity index (χ3v) is 16.9. The Balaban J connectivity index is 0.595. The molecular weight excluding hydrogens is 1090 g/mol. The van der Waals surface area contributed by atoms with Crippen molar-refractivity contribution in [3.8, 4) is 57.1 Å². The van der Waals surface area contributed by atoms with E-state index < -0.39 is 0 Å². The molecule has 0 bridgehead atoms. The Bertz CT molecular complexity index is 3400. The molecule has 0 atom stereocenters. The number of hydrogen-bond donors (Lipinski definition) is 0. The van der Waals surface area contributed by atoms with Crippen molar-refractivity contribution in [1.82, 2.24) is 0 Å². The van der Waals surface area contributed by atoms with Crippen molar-refractivity contribution >= 4 is 21.5 Å². The van der Waals surface area contributed by atoms with E-state index >= 15 is 0 Å². The van der Waals surface area contributed by atoms with Gasteiger partial charge in [0.1, 0.15) is 46.0 Å². The van der Waals surface area contributed by atoms with E-state index in [-0.39, 0.29) is 53.0 Å². The summed E-state index contributed by atoms with van der Waals surface area (Å²) in [6, 6.07) is 53.4. The van der Waals surface area contributed by atoms with E-state index in [9.17, 15) is 0 Å². The Labute approximate surface area is 504 Å². The molecule has 0 unspecified atom stereocenters. The van der Waals surface area contributed by atoms with Crippen LogP contribution in [0.2, 0.25) is 0 Å². The van der Waals surface area contributed by atoms with Crippen molar-refractivity contribution in [3.63, 3.8) is 0 Å². The molecule has 450 valence electrons. The predicted octanol–water partition coefficient (Wildman–Crippen LogP) is 15.3. The lowest BCUT2D eigenvalue weighted by Gasteiger charge is -2.29.